The van der Waals surface area contributed by atoms with Crippen molar-refractivity contribution in [3.05, 3.63) is 42.1 Å². The highest BCUT2D eigenvalue weighted by Crippen LogP contribution is 2.13. The Morgan fingerprint density at radius 3 is 2.84 bits per heavy atom. The quantitative estimate of drug-likeness (QED) is 0.737. The van der Waals surface area contributed by atoms with Crippen molar-refractivity contribution in [2.24, 2.45) is 0 Å². The van der Waals surface area contributed by atoms with Gasteiger partial charge in [0.25, 0.3) is 11.9 Å². The molecular weight excluding hydrogens is 244 g/mol. The Kier molecular flexibility index (Phi) is 2.64. The summed E-state index contributed by atoms with van der Waals surface area (Å²) in [6.45, 7) is 0. The van der Waals surface area contributed by atoms with Gasteiger partial charge in [-0.3, -0.25) is 9.69 Å². The molecule has 0 aliphatic heterocycles. The Morgan fingerprint density at radius 1 is 1.21 bits per heavy atom. The number of tetrazole rings is 1. The van der Waals surface area contributed by atoms with Crippen molar-refractivity contribution < 1.29 is 4.79 Å². The molecule has 0 unspecified atom stereocenters. The summed E-state index contributed by atoms with van der Waals surface area (Å²) >= 11 is 0. The maximum atomic E-state index is 12.2. The minimum absolute atomic E-state index is 0.208. The van der Waals surface area contributed by atoms with E-state index >= 15 is 0 Å². The van der Waals surface area contributed by atoms with Crippen LogP contribution < -0.4 is 4.90 Å². The molecule has 0 aliphatic carbocycles. The second-order valence-corrected chi connectivity index (χ2v) is 3.97. The van der Waals surface area contributed by atoms with Gasteiger partial charge in [-0.25, -0.2) is 4.98 Å². The Bertz CT molecular complexity index is 724. The third-order valence-electron chi connectivity index (χ3n) is 2.76. The van der Waals surface area contributed by atoms with Crippen LogP contribution in [-0.2, 0) is 0 Å². The van der Waals surface area contributed by atoms with Crippen molar-refractivity contribution >= 4 is 22.8 Å². The zero-order valence-electron chi connectivity index (χ0n) is 10.1. The number of aromatic amines is 1. The van der Waals surface area contributed by atoms with Gasteiger partial charge in [-0.05, 0) is 17.3 Å². The SMILES string of the molecule is CN(C(=O)c1ccc2ccccc2n1)c1nn[nH]n1. The van der Waals surface area contributed by atoms with Gasteiger partial charge in [-0.1, -0.05) is 29.4 Å². The summed E-state index contributed by atoms with van der Waals surface area (Å²) in [5.74, 6) is -0.0767. The van der Waals surface area contributed by atoms with Crippen molar-refractivity contribution in [1.29, 1.82) is 0 Å². The van der Waals surface area contributed by atoms with Crippen LogP contribution in [0.3, 0.4) is 0 Å². The molecule has 94 valence electrons. The number of nitrogens with zero attached hydrogens (tertiary/aromatic N) is 5. The number of carbonyl (C=O) groups is 1. The molecule has 7 nitrogen and oxygen atoms in total. The van der Waals surface area contributed by atoms with Gasteiger partial charge in [0.1, 0.15) is 5.69 Å². The first kappa shape index (κ1) is 11.3. The summed E-state index contributed by atoms with van der Waals surface area (Å²) in [6, 6.07) is 11.2. The average Bonchev–Trinajstić information content (AvgIpc) is 2.99. The number of para-hydroxylation sites is 1. The number of rotatable bonds is 2. The molecule has 7 heteroatoms. The fourth-order valence-corrected chi connectivity index (χ4v) is 1.75. The minimum atomic E-state index is -0.285. The van der Waals surface area contributed by atoms with Gasteiger partial charge in [-0.15, -0.1) is 5.10 Å². The monoisotopic (exact) mass is 254 g/mol. The highest BCUT2D eigenvalue weighted by molar-refractivity contribution is 6.04. The molecule has 3 aromatic rings. The lowest BCUT2D eigenvalue weighted by Gasteiger charge is -2.11. The van der Waals surface area contributed by atoms with E-state index in [0.717, 1.165) is 10.9 Å². The number of benzene rings is 1. The number of hydrogen-bond donors (Lipinski definition) is 1. The third kappa shape index (κ3) is 2.01. The van der Waals surface area contributed by atoms with Gasteiger partial charge in [0, 0.05) is 12.4 Å². The number of anilines is 1. The van der Waals surface area contributed by atoms with Crippen LogP contribution in [0.25, 0.3) is 10.9 Å². The van der Waals surface area contributed by atoms with Gasteiger partial charge < -0.3 is 0 Å². The van der Waals surface area contributed by atoms with Gasteiger partial charge in [0.15, 0.2) is 0 Å². The molecule has 0 fully saturated rings. The minimum Gasteiger partial charge on any atom is -0.276 e. The maximum Gasteiger partial charge on any atom is 0.279 e. The summed E-state index contributed by atoms with van der Waals surface area (Å²) in [7, 11) is 1.57. The summed E-state index contributed by atoms with van der Waals surface area (Å²) in [5, 5.41) is 14.2. The van der Waals surface area contributed by atoms with Crippen LogP contribution in [0, 0.1) is 0 Å². The van der Waals surface area contributed by atoms with E-state index in [1.165, 1.54) is 4.90 Å². The van der Waals surface area contributed by atoms with Gasteiger partial charge >= 0.3 is 0 Å². The number of H-pyrrole nitrogens is 1. The first-order valence-corrected chi connectivity index (χ1v) is 5.63. The number of fused-ring (bicyclic) bond motifs is 1. The normalized spacial score (nSPS) is 10.6. The average molecular weight is 254 g/mol. The smallest absolute Gasteiger partial charge is 0.276 e. The van der Waals surface area contributed by atoms with Crippen molar-refractivity contribution in [1.82, 2.24) is 25.6 Å². The van der Waals surface area contributed by atoms with E-state index < -0.39 is 0 Å². The fourth-order valence-electron chi connectivity index (χ4n) is 1.75. The van der Waals surface area contributed by atoms with Crippen LogP contribution in [0.15, 0.2) is 36.4 Å². The lowest BCUT2D eigenvalue weighted by atomic mass is 10.2. The second kappa shape index (κ2) is 4.45. The molecule has 0 aliphatic rings. The molecule has 0 saturated carbocycles. The molecule has 1 N–H and O–H groups in total. The molecule has 0 spiro atoms. The molecule has 0 radical (unpaired) electrons. The Balaban J connectivity index is 1.97. The van der Waals surface area contributed by atoms with E-state index in [2.05, 4.69) is 25.6 Å². The van der Waals surface area contributed by atoms with E-state index in [-0.39, 0.29) is 11.9 Å². The zero-order valence-corrected chi connectivity index (χ0v) is 10.1. The van der Waals surface area contributed by atoms with E-state index in [9.17, 15) is 4.79 Å². The first-order chi connectivity index (χ1) is 9.25. The number of amides is 1. The first-order valence-electron chi connectivity index (χ1n) is 5.63. The summed E-state index contributed by atoms with van der Waals surface area (Å²) in [6.07, 6.45) is 0. The van der Waals surface area contributed by atoms with E-state index in [4.69, 9.17) is 0 Å². The van der Waals surface area contributed by atoms with Crippen molar-refractivity contribution in [3.63, 3.8) is 0 Å². The van der Waals surface area contributed by atoms with Crippen molar-refractivity contribution in [3.8, 4) is 0 Å². The molecule has 0 saturated heterocycles. The topological polar surface area (TPSA) is 87.7 Å². The fraction of sp³-hybridized carbons (Fsp3) is 0.0833. The van der Waals surface area contributed by atoms with Gasteiger partial charge in [-0.2, -0.15) is 5.21 Å². The largest absolute Gasteiger partial charge is 0.279 e. The summed E-state index contributed by atoms with van der Waals surface area (Å²) in [5.41, 5.74) is 1.11. The van der Waals surface area contributed by atoms with E-state index in [1.807, 2.05) is 30.3 Å². The van der Waals surface area contributed by atoms with Crippen LogP contribution in [0.4, 0.5) is 5.95 Å². The molecule has 3 rings (SSSR count). The predicted molar refractivity (Wildman–Crippen MR) is 68.7 cm³/mol. The number of carbonyl (C=O) groups excluding carboxylic acids is 1. The third-order valence-corrected chi connectivity index (χ3v) is 2.76. The van der Waals surface area contributed by atoms with Crippen LogP contribution >= 0.6 is 0 Å². The standard InChI is InChI=1S/C12H10N6O/c1-18(12-14-16-17-15-12)11(19)10-7-6-8-4-2-3-5-9(8)13-10/h2-7H,1H3,(H,14,15,16,17). The van der Waals surface area contributed by atoms with Crippen LogP contribution in [-0.4, -0.2) is 38.6 Å². The molecule has 0 atom stereocenters. The summed E-state index contributed by atoms with van der Waals surface area (Å²) in [4.78, 5) is 17.8. The number of hydrogen-bond acceptors (Lipinski definition) is 5. The predicted octanol–water partition coefficient (Wildman–Crippen LogP) is 1.02. The van der Waals surface area contributed by atoms with E-state index in [0.29, 0.717) is 5.69 Å². The Morgan fingerprint density at radius 2 is 2.05 bits per heavy atom. The van der Waals surface area contributed by atoms with Crippen LogP contribution in [0.1, 0.15) is 10.5 Å². The van der Waals surface area contributed by atoms with Gasteiger partial charge in [0.2, 0.25) is 0 Å². The summed E-state index contributed by atoms with van der Waals surface area (Å²) < 4.78 is 0. The van der Waals surface area contributed by atoms with Gasteiger partial charge in [0.05, 0.1) is 5.52 Å². The van der Waals surface area contributed by atoms with E-state index in [1.54, 1.807) is 13.1 Å². The number of pyridine rings is 1. The second-order valence-electron chi connectivity index (χ2n) is 3.97. The zero-order chi connectivity index (χ0) is 13.2. The molecule has 0 bridgehead atoms. The molecule has 1 aromatic carbocycles. The molecule has 2 aromatic heterocycles. The molecule has 19 heavy (non-hydrogen) atoms. The highest BCUT2D eigenvalue weighted by Gasteiger charge is 2.18. The molecular formula is C12H10N6O. The van der Waals surface area contributed by atoms with Crippen molar-refractivity contribution in [2.75, 3.05) is 11.9 Å². The molecule has 1 amide bonds. The maximum absolute atomic E-state index is 12.2. The highest BCUT2D eigenvalue weighted by atomic mass is 16.2. The number of nitrogens with one attached hydrogen (secondary N) is 1. The Hall–Kier alpha value is -2.83. The van der Waals surface area contributed by atoms with Crippen molar-refractivity contribution in [2.45, 2.75) is 0 Å². The number of aromatic nitrogens is 5. The van der Waals surface area contributed by atoms with Crippen LogP contribution in [0.5, 0.6) is 0 Å². The lowest BCUT2D eigenvalue weighted by Crippen LogP contribution is -2.28. The Labute approximate surface area is 108 Å². The van der Waals surface area contributed by atoms with Crippen LogP contribution in [0.2, 0.25) is 0 Å². The molecule has 2 heterocycles. The lowest BCUT2D eigenvalue weighted by molar-refractivity contribution is 0.0987.